The van der Waals surface area contributed by atoms with Crippen molar-refractivity contribution in [2.75, 3.05) is 19.5 Å². The Kier molecular flexibility index (Phi) is 4.52. The molecule has 0 aliphatic heterocycles. The van der Waals surface area contributed by atoms with Gasteiger partial charge in [0.05, 0.1) is 31.9 Å². The highest BCUT2D eigenvalue weighted by molar-refractivity contribution is 7.18. The molecule has 0 radical (unpaired) electrons. The van der Waals surface area contributed by atoms with E-state index in [1.54, 1.807) is 31.6 Å². The largest absolute Gasteiger partial charge is 0.497 e. The van der Waals surface area contributed by atoms with E-state index >= 15 is 0 Å². The van der Waals surface area contributed by atoms with Crippen LogP contribution in [0.4, 0.5) is 5.00 Å². The third kappa shape index (κ3) is 3.26. The summed E-state index contributed by atoms with van der Waals surface area (Å²) in [7, 11) is 2.90. The van der Waals surface area contributed by atoms with Crippen LogP contribution in [-0.4, -0.2) is 26.1 Å². The van der Waals surface area contributed by atoms with Gasteiger partial charge in [-0.15, -0.1) is 11.3 Å². The summed E-state index contributed by atoms with van der Waals surface area (Å²) in [4.78, 5) is 24.1. The summed E-state index contributed by atoms with van der Waals surface area (Å²) in [5.74, 6) is 0.0869. The Bertz CT molecular complexity index is 895. The molecule has 7 heteroatoms. The molecule has 3 aromatic rings. The van der Waals surface area contributed by atoms with Crippen molar-refractivity contribution in [1.82, 2.24) is 0 Å². The van der Waals surface area contributed by atoms with Crippen LogP contribution in [0.5, 0.6) is 5.75 Å². The average molecular weight is 345 g/mol. The summed E-state index contributed by atoms with van der Waals surface area (Å²) in [6.45, 7) is 0. The summed E-state index contributed by atoms with van der Waals surface area (Å²) in [6, 6.07) is 8.75. The van der Waals surface area contributed by atoms with Crippen LogP contribution >= 0.6 is 11.3 Å². The van der Waals surface area contributed by atoms with Crippen molar-refractivity contribution in [1.29, 1.82) is 0 Å². The van der Waals surface area contributed by atoms with E-state index in [1.165, 1.54) is 18.4 Å². The second kappa shape index (κ2) is 6.76. The van der Waals surface area contributed by atoms with E-state index in [0.29, 0.717) is 21.2 Å². The van der Waals surface area contributed by atoms with E-state index in [0.717, 1.165) is 10.9 Å². The first kappa shape index (κ1) is 16.1. The fourth-order valence-electron chi connectivity index (χ4n) is 2.30. The zero-order valence-electron chi connectivity index (χ0n) is 13.1. The molecule has 0 unspecified atom stereocenters. The third-order valence-electron chi connectivity index (χ3n) is 3.47. The Balaban J connectivity index is 1.71. The average Bonchev–Trinajstić information content (AvgIpc) is 3.21. The molecule has 1 N–H and O–H groups in total. The van der Waals surface area contributed by atoms with Gasteiger partial charge >= 0.3 is 5.97 Å². The smallest absolute Gasteiger partial charge is 0.348 e. The standard InChI is InChI=1S/C17H15NO5S/c1-21-11-3-4-12-10(9-23-13(12)8-11)7-15(19)18-16-6-5-14(24-16)17(20)22-2/h3-6,8-9H,7H2,1-2H3,(H,18,19). The van der Waals surface area contributed by atoms with Crippen molar-refractivity contribution in [2.24, 2.45) is 0 Å². The number of furan rings is 1. The van der Waals surface area contributed by atoms with Crippen molar-refractivity contribution in [3.8, 4) is 5.75 Å². The zero-order chi connectivity index (χ0) is 17.1. The van der Waals surface area contributed by atoms with Crippen LogP contribution in [0, 0.1) is 0 Å². The lowest BCUT2D eigenvalue weighted by atomic mass is 10.1. The van der Waals surface area contributed by atoms with Gasteiger partial charge < -0.3 is 19.2 Å². The molecule has 0 bridgehead atoms. The highest BCUT2D eigenvalue weighted by atomic mass is 32.1. The van der Waals surface area contributed by atoms with Crippen LogP contribution < -0.4 is 10.1 Å². The van der Waals surface area contributed by atoms with Gasteiger partial charge in [-0.25, -0.2) is 4.79 Å². The van der Waals surface area contributed by atoms with E-state index in [4.69, 9.17) is 9.15 Å². The number of hydrogen-bond acceptors (Lipinski definition) is 6. The molecular formula is C17H15NO5S. The van der Waals surface area contributed by atoms with Gasteiger partial charge in [0.1, 0.15) is 16.2 Å². The summed E-state index contributed by atoms with van der Waals surface area (Å²) >= 11 is 1.17. The number of rotatable bonds is 5. The molecule has 0 spiro atoms. The lowest BCUT2D eigenvalue weighted by Crippen LogP contribution is -2.13. The van der Waals surface area contributed by atoms with E-state index < -0.39 is 5.97 Å². The number of nitrogens with one attached hydrogen (secondary N) is 1. The number of methoxy groups -OCH3 is 2. The number of benzene rings is 1. The topological polar surface area (TPSA) is 77.8 Å². The maximum Gasteiger partial charge on any atom is 0.348 e. The second-order valence-electron chi connectivity index (χ2n) is 5.00. The molecule has 1 amide bonds. The number of esters is 1. The fourth-order valence-corrected chi connectivity index (χ4v) is 3.14. The summed E-state index contributed by atoms with van der Waals surface area (Å²) in [5, 5.41) is 4.23. The molecular weight excluding hydrogens is 330 g/mol. The molecule has 2 heterocycles. The maximum absolute atomic E-state index is 12.2. The molecule has 0 atom stereocenters. The van der Waals surface area contributed by atoms with Gasteiger partial charge in [0.15, 0.2) is 0 Å². The maximum atomic E-state index is 12.2. The van der Waals surface area contributed by atoms with E-state index in [-0.39, 0.29) is 12.3 Å². The van der Waals surface area contributed by atoms with Crippen LogP contribution in [0.1, 0.15) is 15.2 Å². The van der Waals surface area contributed by atoms with Gasteiger partial charge in [0.25, 0.3) is 0 Å². The molecule has 0 saturated carbocycles. The Hall–Kier alpha value is -2.80. The Labute approximate surface area is 142 Å². The van der Waals surface area contributed by atoms with Crippen molar-refractivity contribution < 1.29 is 23.5 Å². The molecule has 2 aromatic heterocycles. The number of thiophene rings is 1. The van der Waals surface area contributed by atoms with Crippen molar-refractivity contribution in [2.45, 2.75) is 6.42 Å². The Morgan fingerprint density at radius 3 is 2.79 bits per heavy atom. The van der Waals surface area contributed by atoms with Crippen molar-refractivity contribution >= 4 is 39.2 Å². The lowest BCUT2D eigenvalue weighted by Gasteiger charge is -2.02. The monoisotopic (exact) mass is 345 g/mol. The summed E-state index contributed by atoms with van der Waals surface area (Å²) < 4.78 is 15.3. The summed E-state index contributed by atoms with van der Waals surface area (Å²) in [5.41, 5.74) is 1.45. The van der Waals surface area contributed by atoms with E-state index in [2.05, 4.69) is 10.1 Å². The molecule has 24 heavy (non-hydrogen) atoms. The highest BCUT2D eigenvalue weighted by Crippen LogP contribution is 2.27. The number of carbonyl (C=O) groups excluding carboxylic acids is 2. The van der Waals surface area contributed by atoms with Gasteiger partial charge in [0, 0.05) is 17.0 Å². The molecule has 0 saturated heterocycles. The number of carbonyl (C=O) groups is 2. The molecule has 0 aliphatic rings. The minimum absolute atomic E-state index is 0.171. The van der Waals surface area contributed by atoms with E-state index in [9.17, 15) is 9.59 Å². The van der Waals surface area contributed by atoms with Crippen LogP contribution in [0.3, 0.4) is 0 Å². The van der Waals surface area contributed by atoms with Crippen LogP contribution in [-0.2, 0) is 16.0 Å². The molecule has 3 rings (SSSR count). The SMILES string of the molecule is COC(=O)c1ccc(NC(=O)Cc2coc3cc(OC)ccc23)s1. The predicted octanol–water partition coefficient (Wildman–Crippen LogP) is 3.47. The quantitative estimate of drug-likeness (QED) is 0.717. The normalized spacial score (nSPS) is 10.6. The van der Waals surface area contributed by atoms with Crippen LogP contribution in [0.2, 0.25) is 0 Å². The molecule has 6 nitrogen and oxygen atoms in total. The number of anilines is 1. The van der Waals surface area contributed by atoms with E-state index in [1.807, 2.05) is 12.1 Å². The third-order valence-corrected chi connectivity index (χ3v) is 4.45. The minimum atomic E-state index is -0.421. The first-order valence-corrected chi connectivity index (χ1v) is 7.94. The predicted molar refractivity (Wildman–Crippen MR) is 90.8 cm³/mol. The van der Waals surface area contributed by atoms with Crippen molar-refractivity contribution in [3.63, 3.8) is 0 Å². The highest BCUT2D eigenvalue weighted by Gasteiger charge is 2.14. The lowest BCUT2D eigenvalue weighted by molar-refractivity contribution is -0.115. The van der Waals surface area contributed by atoms with Gasteiger partial charge in [0.2, 0.25) is 5.91 Å². The number of amides is 1. The van der Waals surface area contributed by atoms with Crippen LogP contribution in [0.25, 0.3) is 11.0 Å². The minimum Gasteiger partial charge on any atom is -0.497 e. The fraction of sp³-hybridized carbons (Fsp3) is 0.176. The molecule has 1 aromatic carbocycles. The second-order valence-corrected chi connectivity index (χ2v) is 6.09. The number of ether oxygens (including phenoxy) is 2. The first-order chi connectivity index (χ1) is 11.6. The van der Waals surface area contributed by atoms with Crippen molar-refractivity contribution in [3.05, 3.63) is 47.0 Å². The zero-order valence-corrected chi connectivity index (χ0v) is 13.9. The Morgan fingerprint density at radius 1 is 1.21 bits per heavy atom. The van der Waals surface area contributed by atoms with Gasteiger partial charge in [-0.1, -0.05) is 0 Å². The van der Waals surface area contributed by atoms with Gasteiger partial charge in [-0.05, 0) is 24.3 Å². The Morgan fingerprint density at radius 2 is 2.04 bits per heavy atom. The summed E-state index contributed by atoms with van der Waals surface area (Å²) in [6.07, 6.45) is 1.74. The van der Waals surface area contributed by atoms with Gasteiger partial charge in [-0.3, -0.25) is 4.79 Å². The molecule has 124 valence electrons. The number of fused-ring (bicyclic) bond motifs is 1. The molecule has 0 fully saturated rings. The van der Waals surface area contributed by atoms with Crippen LogP contribution in [0.15, 0.2) is 41.0 Å². The van der Waals surface area contributed by atoms with Gasteiger partial charge in [-0.2, -0.15) is 0 Å². The number of hydrogen-bond donors (Lipinski definition) is 1. The first-order valence-electron chi connectivity index (χ1n) is 7.13. The molecule has 0 aliphatic carbocycles.